The van der Waals surface area contributed by atoms with Crippen LogP contribution in [0.25, 0.3) is 0 Å². The molecular weight excluding hydrogens is 367 g/mol. The molecule has 1 aromatic heterocycles. The number of nitrogens with one attached hydrogen (secondary N) is 2. The number of hydrogen-bond acceptors (Lipinski definition) is 5. The number of thiazole rings is 1. The number of nitrogens with zero attached hydrogens (tertiary/aromatic N) is 1. The fourth-order valence-electron chi connectivity index (χ4n) is 2.17. The standard InChI is InChI=1S/C17H20F3N3O2S/c1-3-4-5-8-25-13-7-6-11(9-12(13)17(18,19)20)23-16-22-10-14(26-16)15(24)21-2/h6-7,9-10H,3-5,8H2,1-2H3,(H,21,24)(H,22,23). The van der Waals surface area contributed by atoms with Gasteiger partial charge in [-0.25, -0.2) is 4.98 Å². The largest absolute Gasteiger partial charge is 0.493 e. The van der Waals surface area contributed by atoms with Crippen LogP contribution in [0.15, 0.2) is 24.4 Å². The Labute approximate surface area is 153 Å². The number of aromatic nitrogens is 1. The SMILES string of the molecule is CCCCCOc1ccc(Nc2ncc(C(=O)NC)s2)cc1C(F)(F)F. The fourth-order valence-corrected chi connectivity index (χ4v) is 2.96. The minimum atomic E-state index is -4.53. The first-order chi connectivity index (χ1) is 12.3. The summed E-state index contributed by atoms with van der Waals surface area (Å²) >= 11 is 1.05. The van der Waals surface area contributed by atoms with Gasteiger partial charge in [0.05, 0.1) is 18.4 Å². The molecule has 0 radical (unpaired) electrons. The first-order valence-electron chi connectivity index (χ1n) is 8.14. The highest BCUT2D eigenvalue weighted by molar-refractivity contribution is 7.17. The third-order valence-corrected chi connectivity index (χ3v) is 4.41. The van der Waals surface area contributed by atoms with E-state index in [1.165, 1.54) is 25.4 Å². The first-order valence-corrected chi connectivity index (χ1v) is 8.95. The van der Waals surface area contributed by atoms with Gasteiger partial charge in [-0.05, 0) is 24.6 Å². The number of amides is 1. The predicted octanol–water partition coefficient (Wildman–Crippen LogP) is 4.83. The van der Waals surface area contributed by atoms with Crippen LogP contribution in [0.3, 0.4) is 0 Å². The zero-order valence-corrected chi connectivity index (χ0v) is 15.3. The highest BCUT2D eigenvalue weighted by Gasteiger charge is 2.34. The summed E-state index contributed by atoms with van der Waals surface area (Å²) in [4.78, 5) is 15.9. The minimum Gasteiger partial charge on any atom is -0.493 e. The lowest BCUT2D eigenvalue weighted by Gasteiger charge is -2.15. The molecule has 1 aromatic carbocycles. The third kappa shape index (κ3) is 5.35. The highest BCUT2D eigenvalue weighted by Crippen LogP contribution is 2.38. The molecule has 0 unspecified atom stereocenters. The number of unbranched alkanes of at least 4 members (excludes halogenated alkanes) is 2. The second-order valence-corrected chi connectivity index (χ2v) is 6.53. The van der Waals surface area contributed by atoms with Gasteiger partial charge in [0.25, 0.3) is 5.91 Å². The van der Waals surface area contributed by atoms with E-state index >= 15 is 0 Å². The molecule has 0 saturated heterocycles. The van der Waals surface area contributed by atoms with Crippen molar-refractivity contribution < 1.29 is 22.7 Å². The van der Waals surface area contributed by atoms with Crippen molar-refractivity contribution in [3.8, 4) is 5.75 Å². The van der Waals surface area contributed by atoms with Crippen molar-refractivity contribution in [2.24, 2.45) is 0 Å². The van der Waals surface area contributed by atoms with E-state index < -0.39 is 11.7 Å². The average molecular weight is 387 g/mol. The molecule has 0 saturated carbocycles. The van der Waals surface area contributed by atoms with Crippen LogP contribution in [0.1, 0.15) is 41.4 Å². The molecule has 0 fully saturated rings. The second-order valence-electron chi connectivity index (χ2n) is 5.50. The van der Waals surface area contributed by atoms with Gasteiger partial charge in [0.1, 0.15) is 10.6 Å². The van der Waals surface area contributed by atoms with E-state index in [4.69, 9.17) is 4.74 Å². The Bertz CT molecular complexity index is 747. The zero-order chi connectivity index (χ0) is 19.2. The van der Waals surface area contributed by atoms with Crippen molar-refractivity contribution >= 4 is 28.1 Å². The number of benzene rings is 1. The van der Waals surface area contributed by atoms with Crippen LogP contribution >= 0.6 is 11.3 Å². The number of carbonyl (C=O) groups is 1. The maximum atomic E-state index is 13.3. The van der Waals surface area contributed by atoms with E-state index in [0.717, 1.165) is 30.2 Å². The van der Waals surface area contributed by atoms with Gasteiger partial charge < -0.3 is 15.4 Å². The summed E-state index contributed by atoms with van der Waals surface area (Å²) in [6, 6.07) is 3.77. The van der Waals surface area contributed by atoms with E-state index in [9.17, 15) is 18.0 Å². The van der Waals surface area contributed by atoms with E-state index in [0.29, 0.717) is 16.4 Å². The lowest BCUT2D eigenvalue weighted by molar-refractivity contribution is -0.138. The zero-order valence-electron chi connectivity index (χ0n) is 14.4. The van der Waals surface area contributed by atoms with E-state index in [2.05, 4.69) is 15.6 Å². The number of hydrogen-bond donors (Lipinski definition) is 2. The number of anilines is 2. The summed E-state index contributed by atoms with van der Waals surface area (Å²) < 4.78 is 45.3. The lowest BCUT2D eigenvalue weighted by atomic mass is 10.1. The van der Waals surface area contributed by atoms with Crippen molar-refractivity contribution in [1.82, 2.24) is 10.3 Å². The van der Waals surface area contributed by atoms with Crippen molar-refractivity contribution in [3.05, 3.63) is 34.8 Å². The number of ether oxygens (including phenoxy) is 1. The third-order valence-electron chi connectivity index (χ3n) is 3.50. The van der Waals surface area contributed by atoms with Crippen LogP contribution in [0.2, 0.25) is 0 Å². The van der Waals surface area contributed by atoms with Crippen molar-refractivity contribution in [3.63, 3.8) is 0 Å². The molecule has 0 spiro atoms. The molecule has 26 heavy (non-hydrogen) atoms. The minimum absolute atomic E-state index is 0.190. The summed E-state index contributed by atoms with van der Waals surface area (Å²) in [6.07, 6.45) is -0.603. The second kappa shape index (κ2) is 8.88. The van der Waals surface area contributed by atoms with Crippen LogP contribution in [0.5, 0.6) is 5.75 Å². The molecule has 0 aliphatic rings. The van der Waals surface area contributed by atoms with Crippen molar-refractivity contribution in [2.75, 3.05) is 19.0 Å². The molecule has 0 atom stereocenters. The molecule has 142 valence electrons. The van der Waals surface area contributed by atoms with Crippen LogP contribution < -0.4 is 15.4 Å². The van der Waals surface area contributed by atoms with Gasteiger partial charge in [0.15, 0.2) is 5.13 Å². The Morgan fingerprint density at radius 3 is 2.73 bits per heavy atom. The maximum absolute atomic E-state index is 13.3. The molecule has 5 nitrogen and oxygen atoms in total. The summed E-state index contributed by atoms with van der Waals surface area (Å²) in [6.45, 7) is 2.25. The first kappa shape index (κ1) is 20.0. The van der Waals surface area contributed by atoms with Crippen molar-refractivity contribution in [1.29, 1.82) is 0 Å². The number of carbonyl (C=O) groups excluding carboxylic acids is 1. The molecule has 2 rings (SSSR count). The fraction of sp³-hybridized carbons (Fsp3) is 0.412. The monoisotopic (exact) mass is 387 g/mol. The molecule has 9 heteroatoms. The topological polar surface area (TPSA) is 63.2 Å². The summed E-state index contributed by atoms with van der Waals surface area (Å²) in [5.74, 6) is -0.494. The van der Waals surface area contributed by atoms with Gasteiger partial charge in [-0.2, -0.15) is 13.2 Å². The van der Waals surface area contributed by atoms with Crippen LogP contribution in [-0.4, -0.2) is 24.5 Å². The summed E-state index contributed by atoms with van der Waals surface area (Å²) in [5.41, 5.74) is -0.627. The molecule has 2 aromatic rings. The molecular formula is C17H20F3N3O2S. The Morgan fingerprint density at radius 1 is 1.31 bits per heavy atom. The number of rotatable bonds is 8. The van der Waals surface area contributed by atoms with Gasteiger partial charge in [-0.15, -0.1) is 0 Å². The highest BCUT2D eigenvalue weighted by atomic mass is 32.1. The maximum Gasteiger partial charge on any atom is 0.420 e. The molecule has 1 heterocycles. The van der Waals surface area contributed by atoms with Gasteiger partial charge in [0.2, 0.25) is 0 Å². The molecule has 0 aliphatic heterocycles. The summed E-state index contributed by atoms with van der Waals surface area (Å²) in [5, 5.41) is 5.58. The van der Waals surface area contributed by atoms with Crippen LogP contribution in [-0.2, 0) is 6.18 Å². The smallest absolute Gasteiger partial charge is 0.420 e. The average Bonchev–Trinajstić information content (AvgIpc) is 3.06. The van der Waals surface area contributed by atoms with Crippen molar-refractivity contribution in [2.45, 2.75) is 32.4 Å². The Hall–Kier alpha value is -2.29. The Morgan fingerprint density at radius 2 is 2.08 bits per heavy atom. The number of halogens is 3. The van der Waals surface area contributed by atoms with E-state index in [-0.39, 0.29) is 24.0 Å². The molecule has 2 N–H and O–H groups in total. The lowest BCUT2D eigenvalue weighted by Crippen LogP contribution is -2.16. The predicted molar refractivity (Wildman–Crippen MR) is 95.3 cm³/mol. The van der Waals surface area contributed by atoms with E-state index in [1.807, 2.05) is 6.92 Å². The van der Waals surface area contributed by atoms with Crippen LogP contribution in [0.4, 0.5) is 24.0 Å². The normalized spacial score (nSPS) is 11.3. The molecule has 1 amide bonds. The van der Waals surface area contributed by atoms with Gasteiger partial charge in [-0.1, -0.05) is 31.1 Å². The Kier molecular flexibility index (Phi) is 6.84. The van der Waals surface area contributed by atoms with Gasteiger partial charge in [-0.3, -0.25) is 4.79 Å². The summed E-state index contributed by atoms with van der Waals surface area (Å²) in [7, 11) is 1.49. The van der Waals surface area contributed by atoms with Crippen LogP contribution in [0, 0.1) is 0 Å². The van der Waals surface area contributed by atoms with E-state index in [1.54, 1.807) is 0 Å². The number of alkyl halides is 3. The molecule has 0 bridgehead atoms. The van der Waals surface area contributed by atoms with Gasteiger partial charge in [0, 0.05) is 12.7 Å². The van der Waals surface area contributed by atoms with Gasteiger partial charge >= 0.3 is 6.18 Å². The molecule has 0 aliphatic carbocycles. The Balaban J connectivity index is 2.17. The quantitative estimate of drug-likeness (QED) is 0.637.